The van der Waals surface area contributed by atoms with Gasteiger partial charge in [-0.1, -0.05) is 146 Å². The Morgan fingerprint density at radius 1 is 0.360 bits per heavy atom. The molecular formula is C45H27N3OS. The second-order valence-electron chi connectivity index (χ2n) is 12.4. The Morgan fingerprint density at radius 3 is 1.76 bits per heavy atom. The van der Waals surface area contributed by atoms with Crippen LogP contribution in [0.2, 0.25) is 0 Å². The summed E-state index contributed by atoms with van der Waals surface area (Å²) in [5.41, 5.74) is 8.96. The quantitative estimate of drug-likeness (QED) is 0.185. The van der Waals surface area contributed by atoms with Crippen LogP contribution in [-0.4, -0.2) is 15.0 Å². The minimum Gasteiger partial charge on any atom is -0.455 e. The molecule has 4 nitrogen and oxygen atoms in total. The van der Waals surface area contributed by atoms with Gasteiger partial charge in [0, 0.05) is 53.2 Å². The molecule has 0 unspecified atom stereocenters. The smallest absolute Gasteiger partial charge is 0.165 e. The van der Waals surface area contributed by atoms with E-state index in [1.54, 1.807) is 11.3 Å². The lowest BCUT2D eigenvalue weighted by atomic mass is 9.99. The van der Waals surface area contributed by atoms with Gasteiger partial charge in [0.05, 0.1) is 0 Å². The predicted octanol–water partition coefficient (Wildman–Crippen LogP) is 12.5. The average molecular weight is 658 g/mol. The lowest BCUT2D eigenvalue weighted by Gasteiger charge is -2.12. The van der Waals surface area contributed by atoms with Crippen LogP contribution in [0, 0.1) is 0 Å². The van der Waals surface area contributed by atoms with Crippen molar-refractivity contribution in [1.29, 1.82) is 0 Å². The molecule has 0 bridgehead atoms. The summed E-state index contributed by atoms with van der Waals surface area (Å²) in [5.74, 6) is 1.92. The summed E-state index contributed by atoms with van der Waals surface area (Å²) >= 11 is 1.78. The number of nitrogens with zero attached hydrogens (tertiary/aromatic N) is 3. The molecule has 3 heterocycles. The summed E-state index contributed by atoms with van der Waals surface area (Å²) in [7, 11) is 0. The van der Waals surface area contributed by atoms with E-state index < -0.39 is 0 Å². The van der Waals surface area contributed by atoms with Crippen LogP contribution >= 0.6 is 11.3 Å². The van der Waals surface area contributed by atoms with Crippen LogP contribution in [0.5, 0.6) is 0 Å². The van der Waals surface area contributed by atoms with E-state index in [0.29, 0.717) is 17.5 Å². The van der Waals surface area contributed by atoms with Gasteiger partial charge in [-0.05, 0) is 34.9 Å². The molecule has 0 aliphatic carbocycles. The standard InChI is InChI=1S/C45H27N3OS/c1-2-12-28(13-3-1)31-14-4-5-17-37(31)44-46-43(47-45(48-44)38-21-11-20-36-34-16-7-9-23-40(34)50-42(36)38)30-26-24-29(25-27-30)32-18-10-19-35-33-15-6-8-22-39(33)49-41(32)35/h1-27H. The van der Waals surface area contributed by atoms with Crippen LogP contribution < -0.4 is 0 Å². The molecule has 10 rings (SSSR count). The molecule has 10 aromatic rings. The number of furan rings is 1. The van der Waals surface area contributed by atoms with Crippen molar-refractivity contribution in [3.05, 3.63) is 164 Å². The molecule has 7 aromatic carbocycles. The van der Waals surface area contributed by atoms with Gasteiger partial charge >= 0.3 is 0 Å². The second kappa shape index (κ2) is 11.6. The lowest BCUT2D eigenvalue weighted by Crippen LogP contribution is -2.01. The SMILES string of the molecule is c1ccc(-c2ccccc2-c2nc(-c3ccc(-c4cccc5c4oc4ccccc45)cc3)nc(-c3cccc4c3sc3ccccc34)n2)cc1. The van der Waals surface area contributed by atoms with Crippen molar-refractivity contribution >= 4 is 53.4 Å². The summed E-state index contributed by atoms with van der Waals surface area (Å²) in [6, 6.07) is 56.7. The number of aromatic nitrogens is 3. The van der Waals surface area contributed by atoms with Gasteiger partial charge in [0.15, 0.2) is 17.5 Å². The fraction of sp³-hybridized carbons (Fsp3) is 0. The monoisotopic (exact) mass is 657 g/mol. The van der Waals surface area contributed by atoms with Crippen LogP contribution in [0.15, 0.2) is 168 Å². The third kappa shape index (κ3) is 4.71. The molecule has 3 aromatic heterocycles. The highest BCUT2D eigenvalue weighted by Gasteiger charge is 2.19. The molecule has 0 aliphatic heterocycles. The van der Waals surface area contributed by atoms with E-state index >= 15 is 0 Å². The molecule has 0 saturated heterocycles. The Balaban J connectivity index is 1.15. The topological polar surface area (TPSA) is 51.8 Å². The van der Waals surface area contributed by atoms with E-state index in [-0.39, 0.29) is 0 Å². The van der Waals surface area contributed by atoms with Crippen molar-refractivity contribution in [2.75, 3.05) is 0 Å². The Hall–Kier alpha value is -6.43. The number of hydrogen-bond donors (Lipinski definition) is 0. The molecule has 0 spiro atoms. The van der Waals surface area contributed by atoms with Gasteiger partial charge in [-0.15, -0.1) is 11.3 Å². The summed E-state index contributed by atoms with van der Waals surface area (Å²) in [6.07, 6.45) is 0. The van der Waals surface area contributed by atoms with Gasteiger partial charge in [-0.25, -0.2) is 15.0 Å². The minimum atomic E-state index is 0.625. The minimum absolute atomic E-state index is 0.625. The molecule has 0 amide bonds. The number of rotatable bonds is 5. The fourth-order valence-corrected chi connectivity index (χ4v) is 8.20. The first-order chi connectivity index (χ1) is 24.8. The molecule has 0 fully saturated rings. The average Bonchev–Trinajstić information content (AvgIpc) is 3.77. The third-order valence-corrected chi connectivity index (χ3v) is 10.6. The zero-order chi connectivity index (χ0) is 33.0. The first-order valence-electron chi connectivity index (χ1n) is 16.6. The number of fused-ring (bicyclic) bond motifs is 6. The normalized spacial score (nSPS) is 11.6. The van der Waals surface area contributed by atoms with Gasteiger partial charge in [0.1, 0.15) is 11.2 Å². The maximum Gasteiger partial charge on any atom is 0.165 e. The van der Waals surface area contributed by atoms with Crippen molar-refractivity contribution in [1.82, 2.24) is 15.0 Å². The van der Waals surface area contributed by atoms with Crippen molar-refractivity contribution in [2.24, 2.45) is 0 Å². The number of para-hydroxylation sites is 2. The maximum absolute atomic E-state index is 6.35. The van der Waals surface area contributed by atoms with Crippen molar-refractivity contribution < 1.29 is 4.42 Å². The highest BCUT2D eigenvalue weighted by Crippen LogP contribution is 2.41. The summed E-state index contributed by atoms with van der Waals surface area (Å²) < 4.78 is 8.77. The van der Waals surface area contributed by atoms with E-state index in [4.69, 9.17) is 19.4 Å². The number of benzene rings is 7. The van der Waals surface area contributed by atoms with E-state index in [2.05, 4.69) is 140 Å². The van der Waals surface area contributed by atoms with Gasteiger partial charge in [0.25, 0.3) is 0 Å². The van der Waals surface area contributed by atoms with Crippen molar-refractivity contribution in [2.45, 2.75) is 0 Å². The molecule has 50 heavy (non-hydrogen) atoms. The van der Waals surface area contributed by atoms with Crippen LogP contribution in [0.1, 0.15) is 0 Å². The molecule has 0 saturated carbocycles. The van der Waals surface area contributed by atoms with Crippen LogP contribution in [0.25, 0.3) is 98.5 Å². The van der Waals surface area contributed by atoms with E-state index in [1.165, 1.54) is 20.2 Å². The zero-order valence-corrected chi connectivity index (χ0v) is 27.6. The maximum atomic E-state index is 6.35. The summed E-state index contributed by atoms with van der Waals surface area (Å²) in [5, 5.41) is 4.69. The predicted molar refractivity (Wildman–Crippen MR) is 207 cm³/mol. The Kier molecular flexibility index (Phi) is 6.64. The van der Waals surface area contributed by atoms with Gasteiger partial charge in [-0.3, -0.25) is 0 Å². The Morgan fingerprint density at radius 2 is 0.920 bits per heavy atom. The van der Waals surface area contributed by atoms with Gasteiger partial charge in [-0.2, -0.15) is 0 Å². The van der Waals surface area contributed by atoms with E-state index in [9.17, 15) is 0 Å². The van der Waals surface area contributed by atoms with Crippen molar-refractivity contribution in [3.63, 3.8) is 0 Å². The molecule has 5 heteroatoms. The highest BCUT2D eigenvalue weighted by molar-refractivity contribution is 7.26. The number of hydrogen-bond acceptors (Lipinski definition) is 5. The molecule has 234 valence electrons. The molecule has 0 N–H and O–H groups in total. The lowest BCUT2D eigenvalue weighted by molar-refractivity contribution is 0.670. The summed E-state index contributed by atoms with van der Waals surface area (Å²) in [4.78, 5) is 15.5. The first-order valence-corrected chi connectivity index (χ1v) is 17.4. The summed E-state index contributed by atoms with van der Waals surface area (Å²) in [6.45, 7) is 0. The van der Waals surface area contributed by atoms with E-state index in [1.807, 2.05) is 24.3 Å². The second-order valence-corrected chi connectivity index (χ2v) is 13.4. The van der Waals surface area contributed by atoms with E-state index in [0.717, 1.165) is 60.9 Å². The molecular weight excluding hydrogens is 631 g/mol. The number of thiophene rings is 1. The van der Waals surface area contributed by atoms with Gasteiger partial charge < -0.3 is 4.42 Å². The van der Waals surface area contributed by atoms with Crippen LogP contribution in [-0.2, 0) is 0 Å². The fourth-order valence-electron chi connectivity index (χ4n) is 6.99. The van der Waals surface area contributed by atoms with Crippen LogP contribution in [0.4, 0.5) is 0 Å². The zero-order valence-electron chi connectivity index (χ0n) is 26.7. The third-order valence-electron chi connectivity index (χ3n) is 9.39. The van der Waals surface area contributed by atoms with Crippen molar-refractivity contribution in [3.8, 4) is 56.4 Å². The Bertz CT molecular complexity index is 2870. The molecule has 0 aliphatic rings. The van der Waals surface area contributed by atoms with Crippen LogP contribution in [0.3, 0.4) is 0 Å². The van der Waals surface area contributed by atoms with Gasteiger partial charge in [0.2, 0.25) is 0 Å². The highest BCUT2D eigenvalue weighted by atomic mass is 32.1. The molecule has 0 radical (unpaired) electrons. The first kappa shape index (κ1) is 28.6. The largest absolute Gasteiger partial charge is 0.455 e. The Labute approximate surface area is 292 Å². The molecule has 0 atom stereocenters.